The Morgan fingerprint density at radius 3 is 2.55 bits per heavy atom. The van der Waals surface area contributed by atoms with Crippen molar-refractivity contribution >= 4 is 0 Å². The number of pyridine rings is 1. The molecule has 0 spiro atoms. The molecule has 1 fully saturated rings. The fraction of sp³-hybridized carbons (Fsp3) is 0.353. The van der Waals surface area contributed by atoms with E-state index in [0.29, 0.717) is 11.6 Å². The first-order valence-electron chi connectivity index (χ1n) is 7.04. The van der Waals surface area contributed by atoms with E-state index in [9.17, 15) is 9.90 Å². The lowest BCUT2D eigenvalue weighted by Crippen LogP contribution is -2.24. The highest BCUT2D eigenvalue weighted by Crippen LogP contribution is 2.37. The predicted molar refractivity (Wildman–Crippen MR) is 79.8 cm³/mol. The molecule has 0 radical (unpaired) electrons. The number of aryl methyl sites for hydroxylation is 2. The average molecular weight is 269 g/mol. The van der Waals surface area contributed by atoms with E-state index in [-0.39, 0.29) is 12.2 Å². The summed E-state index contributed by atoms with van der Waals surface area (Å²) in [6, 6.07) is 10.3. The van der Waals surface area contributed by atoms with Crippen molar-refractivity contribution in [2.45, 2.75) is 39.3 Å². The van der Waals surface area contributed by atoms with Gasteiger partial charge in [-0.15, -0.1) is 0 Å². The van der Waals surface area contributed by atoms with Crippen LogP contribution in [0.2, 0.25) is 0 Å². The fourth-order valence-corrected chi connectivity index (χ4v) is 2.73. The minimum atomic E-state index is -0.196. The van der Waals surface area contributed by atoms with Gasteiger partial charge in [0.05, 0.1) is 12.3 Å². The molecule has 0 amide bonds. The van der Waals surface area contributed by atoms with Gasteiger partial charge in [0.2, 0.25) is 0 Å². The molecule has 1 aromatic heterocycles. The van der Waals surface area contributed by atoms with Gasteiger partial charge in [-0.05, 0) is 44.4 Å². The Bertz CT molecular complexity index is 711. The first-order valence-corrected chi connectivity index (χ1v) is 7.04. The normalized spacial score (nSPS) is 14.6. The van der Waals surface area contributed by atoms with E-state index in [0.717, 1.165) is 24.1 Å². The van der Waals surface area contributed by atoms with E-state index in [2.05, 4.69) is 32.0 Å². The smallest absolute Gasteiger partial charge is 0.256 e. The number of hydrogen-bond acceptors (Lipinski definition) is 2. The third-order valence-electron chi connectivity index (χ3n) is 3.94. The highest BCUT2D eigenvalue weighted by Gasteiger charge is 2.28. The van der Waals surface area contributed by atoms with Crippen LogP contribution < -0.4 is 5.56 Å². The molecule has 1 aliphatic rings. The summed E-state index contributed by atoms with van der Waals surface area (Å²) in [5.74, 6) is 0. The number of aliphatic hydroxyl groups is 1. The molecule has 0 bridgehead atoms. The van der Waals surface area contributed by atoms with Crippen LogP contribution in [-0.2, 0) is 6.61 Å². The van der Waals surface area contributed by atoms with Crippen LogP contribution in [0.15, 0.2) is 35.1 Å². The first-order chi connectivity index (χ1) is 9.61. The third kappa shape index (κ3) is 2.18. The van der Waals surface area contributed by atoms with Gasteiger partial charge in [0, 0.05) is 17.2 Å². The lowest BCUT2D eigenvalue weighted by molar-refractivity contribution is 0.279. The number of rotatable bonds is 3. The van der Waals surface area contributed by atoms with Crippen molar-refractivity contribution in [3.63, 3.8) is 0 Å². The van der Waals surface area contributed by atoms with Gasteiger partial charge in [-0.25, -0.2) is 0 Å². The lowest BCUT2D eigenvalue weighted by Gasteiger charge is -2.15. The molecule has 104 valence electrons. The second kappa shape index (κ2) is 4.91. The Hall–Kier alpha value is -1.87. The summed E-state index contributed by atoms with van der Waals surface area (Å²) in [6.45, 7) is 3.95. The van der Waals surface area contributed by atoms with Gasteiger partial charge in [-0.2, -0.15) is 0 Å². The summed E-state index contributed by atoms with van der Waals surface area (Å²) >= 11 is 0. The molecule has 20 heavy (non-hydrogen) atoms. The zero-order valence-corrected chi connectivity index (χ0v) is 11.9. The zero-order valence-electron chi connectivity index (χ0n) is 11.9. The van der Waals surface area contributed by atoms with E-state index in [1.807, 2.05) is 10.6 Å². The minimum absolute atomic E-state index is 0.0486. The predicted octanol–water partition coefficient (Wildman–Crippen LogP) is 2.96. The Labute approximate surface area is 118 Å². The van der Waals surface area contributed by atoms with Gasteiger partial charge in [0.25, 0.3) is 5.56 Å². The Kier molecular flexibility index (Phi) is 3.22. The van der Waals surface area contributed by atoms with Gasteiger partial charge in [-0.3, -0.25) is 4.79 Å². The van der Waals surface area contributed by atoms with Crippen molar-refractivity contribution in [3.8, 4) is 11.3 Å². The average Bonchev–Trinajstić information content (AvgIpc) is 3.23. The maximum absolute atomic E-state index is 12.5. The molecule has 3 nitrogen and oxygen atoms in total. The number of aliphatic hydroxyl groups excluding tert-OH is 1. The first kappa shape index (κ1) is 13.1. The summed E-state index contributed by atoms with van der Waals surface area (Å²) in [5, 5.41) is 9.28. The molecule has 1 aliphatic carbocycles. The molecule has 0 unspecified atom stereocenters. The SMILES string of the molecule is Cc1ccc(-c2ccc(CO)c(=O)n2C2CC2)c(C)c1. The lowest BCUT2D eigenvalue weighted by atomic mass is 10.0. The molecule has 2 aromatic rings. The van der Waals surface area contributed by atoms with Crippen molar-refractivity contribution in [1.29, 1.82) is 0 Å². The number of hydrogen-bond donors (Lipinski definition) is 1. The molecule has 0 aliphatic heterocycles. The van der Waals surface area contributed by atoms with Crippen LogP contribution in [0.1, 0.15) is 35.6 Å². The van der Waals surface area contributed by atoms with Gasteiger partial charge >= 0.3 is 0 Å². The van der Waals surface area contributed by atoms with Gasteiger partial charge in [-0.1, -0.05) is 23.8 Å². The molecule has 3 heteroatoms. The Morgan fingerprint density at radius 2 is 1.95 bits per heavy atom. The second-order valence-corrected chi connectivity index (χ2v) is 5.63. The molecule has 1 aromatic carbocycles. The topological polar surface area (TPSA) is 42.2 Å². The van der Waals surface area contributed by atoms with E-state index < -0.39 is 0 Å². The quantitative estimate of drug-likeness (QED) is 0.930. The van der Waals surface area contributed by atoms with Crippen LogP contribution in [0.5, 0.6) is 0 Å². The monoisotopic (exact) mass is 269 g/mol. The van der Waals surface area contributed by atoms with Gasteiger partial charge < -0.3 is 9.67 Å². The zero-order chi connectivity index (χ0) is 14.3. The summed E-state index contributed by atoms with van der Waals surface area (Å²) in [5.41, 5.74) is 4.89. The summed E-state index contributed by atoms with van der Waals surface area (Å²) in [4.78, 5) is 12.5. The molecule has 1 saturated carbocycles. The molecule has 1 N–H and O–H groups in total. The van der Waals surface area contributed by atoms with Crippen LogP contribution in [0.3, 0.4) is 0 Å². The van der Waals surface area contributed by atoms with Crippen molar-refractivity contribution in [2.24, 2.45) is 0 Å². The molecule has 0 saturated heterocycles. The maximum Gasteiger partial charge on any atom is 0.256 e. The van der Waals surface area contributed by atoms with Crippen molar-refractivity contribution < 1.29 is 5.11 Å². The molecular weight excluding hydrogens is 250 g/mol. The van der Waals surface area contributed by atoms with E-state index in [4.69, 9.17) is 0 Å². The highest BCUT2D eigenvalue weighted by atomic mass is 16.3. The van der Waals surface area contributed by atoms with Crippen LogP contribution in [0.25, 0.3) is 11.3 Å². The minimum Gasteiger partial charge on any atom is -0.391 e. The third-order valence-corrected chi connectivity index (χ3v) is 3.94. The van der Waals surface area contributed by atoms with Crippen LogP contribution in [0, 0.1) is 13.8 Å². The van der Waals surface area contributed by atoms with Crippen LogP contribution >= 0.6 is 0 Å². The molecule has 0 atom stereocenters. The molecule has 1 heterocycles. The Balaban J connectivity index is 2.23. The van der Waals surface area contributed by atoms with E-state index in [1.165, 1.54) is 11.1 Å². The maximum atomic E-state index is 12.5. The van der Waals surface area contributed by atoms with Crippen LogP contribution in [0.4, 0.5) is 0 Å². The highest BCUT2D eigenvalue weighted by molar-refractivity contribution is 5.65. The van der Waals surface area contributed by atoms with Crippen molar-refractivity contribution in [3.05, 3.63) is 57.4 Å². The fourth-order valence-electron chi connectivity index (χ4n) is 2.73. The van der Waals surface area contributed by atoms with E-state index >= 15 is 0 Å². The molecule has 3 rings (SSSR count). The van der Waals surface area contributed by atoms with Crippen molar-refractivity contribution in [1.82, 2.24) is 4.57 Å². The second-order valence-electron chi connectivity index (χ2n) is 5.63. The summed E-state index contributed by atoms with van der Waals surface area (Å²) in [6.07, 6.45) is 2.10. The summed E-state index contributed by atoms with van der Waals surface area (Å²) < 4.78 is 1.86. The molecular formula is C17H19NO2. The van der Waals surface area contributed by atoms with Gasteiger partial charge in [0.1, 0.15) is 0 Å². The number of benzene rings is 1. The largest absolute Gasteiger partial charge is 0.391 e. The summed E-state index contributed by atoms with van der Waals surface area (Å²) in [7, 11) is 0. The number of aromatic nitrogens is 1. The van der Waals surface area contributed by atoms with Crippen LogP contribution in [-0.4, -0.2) is 9.67 Å². The standard InChI is InChI=1S/C17H19NO2/c1-11-3-7-15(12(2)9-11)16-8-4-13(10-19)17(20)18(16)14-5-6-14/h3-4,7-9,14,19H,5-6,10H2,1-2H3. The van der Waals surface area contributed by atoms with E-state index in [1.54, 1.807) is 6.07 Å². The van der Waals surface area contributed by atoms with Gasteiger partial charge in [0.15, 0.2) is 0 Å². The Morgan fingerprint density at radius 1 is 1.20 bits per heavy atom. The number of nitrogens with zero attached hydrogens (tertiary/aromatic N) is 1. The van der Waals surface area contributed by atoms with Crippen molar-refractivity contribution in [2.75, 3.05) is 0 Å².